The van der Waals surface area contributed by atoms with Crippen LogP contribution in [0.4, 0.5) is 8.78 Å². The lowest BCUT2D eigenvalue weighted by atomic mass is 10.2. The second kappa shape index (κ2) is 4.70. The maximum Gasteiger partial charge on any atom is 0.151 e. The van der Waals surface area contributed by atoms with Gasteiger partial charge in [-0.3, -0.25) is 0 Å². The molecule has 1 fully saturated rings. The molecule has 1 atom stereocenters. The van der Waals surface area contributed by atoms with Gasteiger partial charge in [0.25, 0.3) is 0 Å². The van der Waals surface area contributed by atoms with Gasteiger partial charge >= 0.3 is 0 Å². The van der Waals surface area contributed by atoms with Crippen LogP contribution in [0.1, 0.15) is 12.0 Å². The minimum atomic E-state index is -2.95. The highest BCUT2D eigenvalue weighted by molar-refractivity contribution is 7.91. The van der Waals surface area contributed by atoms with E-state index in [4.69, 9.17) is 0 Å². The zero-order valence-corrected chi connectivity index (χ0v) is 9.93. The maximum atomic E-state index is 13.3. The molecule has 1 aromatic rings. The quantitative estimate of drug-likeness (QED) is 0.890. The minimum absolute atomic E-state index is 0.0733. The van der Waals surface area contributed by atoms with Gasteiger partial charge in [0, 0.05) is 18.2 Å². The molecule has 0 spiro atoms. The van der Waals surface area contributed by atoms with Crippen molar-refractivity contribution in [3.8, 4) is 0 Å². The number of hydrogen-bond donors (Lipinski definition) is 1. The third kappa shape index (κ3) is 3.23. The van der Waals surface area contributed by atoms with Crippen molar-refractivity contribution in [2.24, 2.45) is 0 Å². The number of rotatable bonds is 3. The van der Waals surface area contributed by atoms with E-state index in [0.717, 1.165) is 18.2 Å². The smallest absolute Gasteiger partial charge is 0.151 e. The summed E-state index contributed by atoms with van der Waals surface area (Å²) < 4.78 is 48.5. The molecule has 0 amide bonds. The fourth-order valence-electron chi connectivity index (χ4n) is 1.89. The fraction of sp³-hybridized carbons (Fsp3) is 0.455. The molecule has 0 aromatic heterocycles. The zero-order chi connectivity index (χ0) is 12.5. The summed E-state index contributed by atoms with van der Waals surface area (Å²) in [6.07, 6.45) is 0.527. The molecule has 1 aliphatic rings. The molecule has 1 heterocycles. The van der Waals surface area contributed by atoms with Crippen molar-refractivity contribution in [2.45, 2.75) is 19.0 Å². The molecule has 6 heteroatoms. The Hall–Kier alpha value is -1.01. The van der Waals surface area contributed by atoms with Crippen LogP contribution in [0.25, 0.3) is 0 Å². The zero-order valence-electron chi connectivity index (χ0n) is 9.12. The lowest BCUT2D eigenvalue weighted by Gasteiger charge is -2.11. The average Bonchev–Trinajstić information content (AvgIpc) is 2.60. The monoisotopic (exact) mass is 261 g/mol. The van der Waals surface area contributed by atoms with Gasteiger partial charge in [0.15, 0.2) is 9.84 Å². The molecule has 17 heavy (non-hydrogen) atoms. The third-order valence-corrected chi connectivity index (χ3v) is 4.59. The van der Waals surface area contributed by atoms with E-state index in [0.29, 0.717) is 6.42 Å². The molecule has 1 aliphatic heterocycles. The standard InChI is InChI=1S/C11H13F2NO2S/c12-9-1-2-11(13)8(5-9)6-14-10-3-4-17(15,16)7-10/h1-2,5,10,14H,3-4,6-7H2. The highest BCUT2D eigenvalue weighted by atomic mass is 32.2. The summed E-state index contributed by atoms with van der Waals surface area (Å²) in [6.45, 7) is 0.143. The Kier molecular flexibility index (Phi) is 3.44. The summed E-state index contributed by atoms with van der Waals surface area (Å²) in [5.74, 6) is -0.748. The van der Waals surface area contributed by atoms with E-state index in [9.17, 15) is 17.2 Å². The number of hydrogen-bond acceptors (Lipinski definition) is 3. The van der Waals surface area contributed by atoms with Gasteiger partial charge in [-0.2, -0.15) is 0 Å². The van der Waals surface area contributed by atoms with E-state index >= 15 is 0 Å². The van der Waals surface area contributed by atoms with Crippen LogP contribution >= 0.6 is 0 Å². The molecule has 1 aromatic carbocycles. The summed E-state index contributed by atoms with van der Waals surface area (Å²) in [5.41, 5.74) is 0.217. The molecule has 1 N–H and O–H groups in total. The maximum absolute atomic E-state index is 13.3. The predicted octanol–water partition coefficient (Wildman–Crippen LogP) is 1.24. The van der Waals surface area contributed by atoms with Crippen molar-refractivity contribution in [2.75, 3.05) is 11.5 Å². The predicted molar refractivity (Wildman–Crippen MR) is 60.3 cm³/mol. The van der Waals surface area contributed by atoms with Gasteiger partial charge in [-0.15, -0.1) is 0 Å². The Bertz CT molecular complexity index is 516. The van der Waals surface area contributed by atoms with Crippen molar-refractivity contribution in [1.82, 2.24) is 5.32 Å². The largest absolute Gasteiger partial charge is 0.309 e. The first-order valence-electron chi connectivity index (χ1n) is 5.34. The third-order valence-electron chi connectivity index (χ3n) is 2.82. The van der Waals surface area contributed by atoms with Crippen LogP contribution in [0, 0.1) is 11.6 Å². The Labute approximate surface area is 98.8 Å². The van der Waals surface area contributed by atoms with Crippen molar-refractivity contribution in [3.05, 3.63) is 35.4 Å². The number of benzene rings is 1. The SMILES string of the molecule is O=S1(=O)CCC(NCc2cc(F)ccc2F)C1. The highest BCUT2D eigenvalue weighted by Crippen LogP contribution is 2.14. The van der Waals surface area contributed by atoms with E-state index in [1.54, 1.807) is 0 Å². The Morgan fingerprint density at radius 2 is 2.12 bits per heavy atom. The molecule has 1 saturated heterocycles. The Balaban J connectivity index is 1.97. The van der Waals surface area contributed by atoms with E-state index < -0.39 is 21.5 Å². The molecule has 1 unspecified atom stereocenters. The molecule has 0 saturated carbocycles. The molecule has 0 aliphatic carbocycles. The normalized spacial score (nSPS) is 22.8. The molecule has 3 nitrogen and oxygen atoms in total. The van der Waals surface area contributed by atoms with Gasteiger partial charge in [-0.25, -0.2) is 17.2 Å². The van der Waals surface area contributed by atoms with Crippen LogP contribution in [0.3, 0.4) is 0 Å². The van der Waals surface area contributed by atoms with E-state index in [1.165, 1.54) is 0 Å². The molecular weight excluding hydrogens is 248 g/mol. The van der Waals surface area contributed by atoms with Crippen LogP contribution in [0.15, 0.2) is 18.2 Å². The summed E-state index contributed by atoms with van der Waals surface area (Å²) in [7, 11) is -2.95. The average molecular weight is 261 g/mol. The lowest BCUT2D eigenvalue weighted by Crippen LogP contribution is -2.29. The topological polar surface area (TPSA) is 46.2 Å². The summed E-state index contributed by atoms with van der Waals surface area (Å²) in [4.78, 5) is 0. The summed E-state index contributed by atoms with van der Waals surface area (Å²) in [5, 5.41) is 2.94. The molecular formula is C11H13F2NO2S. The molecule has 0 radical (unpaired) electrons. The van der Waals surface area contributed by atoms with Crippen LogP contribution in [0.5, 0.6) is 0 Å². The van der Waals surface area contributed by atoms with E-state index in [1.807, 2.05) is 0 Å². The van der Waals surface area contributed by atoms with Crippen LogP contribution in [0.2, 0.25) is 0 Å². The lowest BCUT2D eigenvalue weighted by molar-refractivity contribution is 0.526. The Morgan fingerprint density at radius 1 is 1.35 bits per heavy atom. The van der Waals surface area contributed by atoms with Crippen molar-refractivity contribution in [1.29, 1.82) is 0 Å². The second-order valence-corrected chi connectivity index (χ2v) is 6.45. The van der Waals surface area contributed by atoms with Crippen LogP contribution in [-0.4, -0.2) is 26.0 Å². The minimum Gasteiger partial charge on any atom is -0.309 e. The van der Waals surface area contributed by atoms with Gasteiger partial charge < -0.3 is 5.32 Å². The molecule has 2 rings (SSSR count). The highest BCUT2D eigenvalue weighted by Gasteiger charge is 2.27. The summed E-state index contributed by atoms with van der Waals surface area (Å²) in [6, 6.07) is 3.07. The fourth-order valence-corrected chi connectivity index (χ4v) is 3.60. The number of halogens is 2. The first-order chi connectivity index (χ1) is 7.96. The van der Waals surface area contributed by atoms with Crippen molar-refractivity contribution in [3.63, 3.8) is 0 Å². The van der Waals surface area contributed by atoms with E-state index in [-0.39, 0.29) is 29.7 Å². The van der Waals surface area contributed by atoms with Crippen molar-refractivity contribution < 1.29 is 17.2 Å². The number of sulfone groups is 1. The Morgan fingerprint density at radius 3 is 2.76 bits per heavy atom. The first kappa shape index (κ1) is 12.4. The molecule has 94 valence electrons. The number of nitrogens with one attached hydrogen (secondary N) is 1. The van der Waals surface area contributed by atoms with Gasteiger partial charge in [-0.05, 0) is 24.6 Å². The summed E-state index contributed by atoms with van der Waals surface area (Å²) >= 11 is 0. The molecule has 0 bridgehead atoms. The van der Waals surface area contributed by atoms with Gasteiger partial charge in [0.05, 0.1) is 11.5 Å². The van der Waals surface area contributed by atoms with E-state index in [2.05, 4.69) is 5.32 Å². The van der Waals surface area contributed by atoms with Gasteiger partial charge in [0.2, 0.25) is 0 Å². The van der Waals surface area contributed by atoms with Crippen molar-refractivity contribution >= 4 is 9.84 Å². The van der Waals surface area contributed by atoms with Gasteiger partial charge in [-0.1, -0.05) is 0 Å². The van der Waals surface area contributed by atoms with Crippen LogP contribution in [-0.2, 0) is 16.4 Å². The first-order valence-corrected chi connectivity index (χ1v) is 7.16. The second-order valence-electron chi connectivity index (χ2n) is 4.22. The van der Waals surface area contributed by atoms with Crippen LogP contribution < -0.4 is 5.32 Å². The van der Waals surface area contributed by atoms with Gasteiger partial charge in [0.1, 0.15) is 11.6 Å².